The zero-order chi connectivity index (χ0) is 18.5. The monoisotopic (exact) mass is 357 g/mol. The third kappa shape index (κ3) is 4.05. The van der Waals surface area contributed by atoms with Crippen molar-refractivity contribution in [1.82, 2.24) is 25.9 Å². The molecule has 0 spiro atoms. The molecular formula is C19H27N5O2. The summed E-state index contributed by atoms with van der Waals surface area (Å²) in [6.07, 6.45) is 2.82. The van der Waals surface area contributed by atoms with Gasteiger partial charge in [0.1, 0.15) is 5.75 Å². The maximum Gasteiger partial charge on any atom is 0.254 e. The highest BCUT2D eigenvalue weighted by atomic mass is 16.5. The molecule has 1 aliphatic heterocycles. The summed E-state index contributed by atoms with van der Waals surface area (Å²) < 4.78 is 7.05. The molecule has 2 aromatic rings. The minimum atomic E-state index is -0.0646. The van der Waals surface area contributed by atoms with E-state index in [1.165, 1.54) is 5.56 Å². The second-order valence-corrected chi connectivity index (χ2v) is 6.64. The van der Waals surface area contributed by atoms with Crippen LogP contribution in [0.2, 0.25) is 0 Å². The van der Waals surface area contributed by atoms with Gasteiger partial charge in [-0.3, -0.25) is 14.9 Å². The van der Waals surface area contributed by atoms with E-state index in [2.05, 4.69) is 40.3 Å². The predicted octanol–water partition coefficient (Wildman–Crippen LogP) is 1.81. The molecule has 1 fully saturated rings. The first kappa shape index (κ1) is 18.4. The fraction of sp³-hybridized carbons (Fsp3) is 0.474. The number of hydrogen-bond acceptors (Lipinski definition) is 5. The van der Waals surface area contributed by atoms with E-state index < -0.39 is 0 Å². The van der Waals surface area contributed by atoms with Crippen molar-refractivity contribution < 1.29 is 9.53 Å². The van der Waals surface area contributed by atoms with Crippen molar-refractivity contribution in [2.45, 2.75) is 32.9 Å². The van der Waals surface area contributed by atoms with Gasteiger partial charge in [-0.2, -0.15) is 5.10 Å². The summed E-state index contributed by atoms with van der Waals surface area (Å²) in [4.78, 5) is 12.5. The lowest BCUT2D eigenvalue weighted by Gasteiger charge is -2.19. The van der Waals surface area contributed by atoms with E-state index >= 15 is 0 Å². The van der Waals surface area contributed by atoms with E-state index in [0.717, 1.165) is 31.0 Å². The topological polar surface area (TPSA) is 80.2 Å². The smallest absolute Gasteiger partial charge is 0.254 e. The molecule has 1 aliphatic rings. The van der Waals surface area contributed by atoms with Crippen LogP contribution in [0.3, 0.4) is 0 Å². The first-order chi connectivity index (χ1) is 12.6. The third-order valence-electron chi connectivity index (χ3n) is 4.74. The minimum Gasteiger partial charge on any atom is -0.497 e. The highest BCUT2D eigenvalue weighted by Gasteiger charge is 2.28. The normalized spacial score (nSPS) is 19.5. The van der Waals surface area contributed by atoms with Gasteiger partial charge in [0.15, 0.2) is 0 Å². The Balaban J connectivity index is 1.61. The number of nitrogens with zero attached hydrogens (tertiary/aromatic N) is 2. The number of carbonyl (C=O) groups is 1. The predicted molar refractivity (Wildman–Crippen MR) is 100.0 cm³/mol. The molecule has 1 amide bonds. The molecule has 2 atom stereocenters. The van der Waals surface area contributed by atoms with E-state index in [1.54, 1.807) is 7.11 Å². The highest BCUT2D eigenvalue weighted by Crippen LogP contribution is 2.26. The summed E-state index contributed by atoms with van der Waals surface area (Å²) >= 11 is 0. The van der Waals surface area contributed by atoms with Crippen LogP contribution in [0, 0.1) is 12.8 Å². The van der Waals surface area contributed by atoms with Crippen LogP contribution in [-0.2, 0) is 6.54 Å². The Morgan fingerprint density at radius 2 is 2.15 bits per heavy atom. The standard InChI is InChI=1S/C19H27N5O2/c1-4-9-24-12-17(13(2)23-24)19(25)20-10-15-11-21-22-18(15)14-5-7-16(26-3)8-6-14/h5-8,12,15,18,21-22H,4,9-11H2,1-3H3,(H,20,25). The summed E-state index contributed by atoms with van der Waals surface area (Å²) in [7, 11) is 1.66. The number of methoxy groups -OCH3 is 1. The largest absolute Gasteiger partial charge is 0.497 e. The molecule has 2 heterocycles. The van der Waals surface area contributed by atoms with E-state index in [9.17, 15) is 4.79 Å². The first-order valence-corrected chi connectivity index (χ1v) is 9.07. The van der Waals surface area contributed by atoms with Gasteiger partial charge in [0.2, 0.25) is 0 Å². The Kier molecular flexibility index (Phi) is 5.90. The van der Waals surface area contributed by atoms with Crippen molar-refractivity contribution in [2.75, 3.05) is 20.2 Å². The van der Waals surface area contributed by atoms with Crippen LogP contribution in [0.5, 0.6) is 5.75 Å². The van der Waals surface area contributed by atoms with Gasteiger partial charge in [-0.25, -0.2) is 5.43 Å². The lowest BCUT2D eigenvalue weighted by Crippen LogP contribution is -2.33. The molecule has 2 unspecified atom stereocenters. The molecule has 3 rings (SSSR count). The summed E-state index contributed by atoms with van der Waals surface area (Å²) in [5, 5.41) is 7.46. The van der Waals surface area contributed by atoms with Crippen LogP contribution in [0.15, 0.2) is 30.5 Å². The molecule has 0 bridgehead atoms. The van der Waals surface area contributed by atoms with Crippen LogP contribution in [0.1, 0.15) is 41.0 Å². The van der Waals surface area contributed by atoms with Crippen LogP contribution in [0.25, 0.3) is 0 Å². The van der Waals surface area contributed by atoms with Crippen molar-refractivity contribution in [3.05, 3.63) is 47.3 Å². The Labute approximate surface area is 154 Å². The number of amides is 1. The number of ether oxygens (including phenoxy) is 1. The maximum absolute atomic E-state index is 12.5. The number of hydrazine groups is 1. The minimum absolute atomic E-state index is 0.0646. The van der Waals surface area contributed by atoms with Gasteiger partial charge in [0.25, 0.3) is 5.91 Å². The quantitative estimate of drug-likeness (QED) is 0.704. The van der Waals surface area contributed by atoms with E-state index in [0.29, 0.717) is 12.1 Å². The van der Waals surface area contributed by atoms with Gasteiger partial charge >= 0.3 is 0 Å². The van der Waals surface area contributed by atoms with Crippen LogP contribution in [-0.4, -0.2) is 35.9 Å². The second-order valence-electron chi connectivity index (χ2n) is 6.64. The van der Waals surface area contributed by atoms with Crippen molar-refractivity contribution >= 4 is 5.91 Å². The Morgan fingerprint density at radius 3 is 2.85 bits per heavy atom. The zero-order valence-corrected chi connectivity index (χ0v) is 15.6. The molecule has 1 saturated heterocycles. The number of benzene rings is 1. The van der Waals surface area contributed by atoms with E-state index in [-0.39, 0.29) is 17.9 Å². The molecule has 0 aliphatic carbocycles. The first-order valence-electron chi connectivity index (χ1n) is 9.07. The van der Waals surface area contributed by atoms with E-state index in [1.807, 2.05) is 29.9 Å². The summed E-state index contributed by atoms with van der Waals surface area (Å²) in [6, 6.07) is 8.16. The highest BCUT2D eigenvalue weighted by molar-refractivity contribution is 5.95. The molecule has 1 aromatic carbocycles. The average molecular weight is 357 g/mol. The fourth-order valence-corrected chi connectivity index (χ4v) is 3.30. The molecule has 140 valence electrons. The third-order valence-corrected chi connectivity index (χ3v) is 4.74. The number of hydrogen-bond donors (Lipinski definition) is 3. The van der Waals surface area contributed by atoms with Crippen molar-refractivity contribution in [3.63, 3.8) is 0 Å². The Bertz CT molecular complexity index is 741. The molecule has 7 heteroatoms. The molecule has 26 heavy (non-hydrogen) atoms. The lowest BCUT2D eigenvalue weighted by atomic mass is 9.94. The fourth-order valence-electron chi connectivity index (χ4n) is 3.30. The summed E-state index contributed by atoms with van der Waals surface area (Å²) in [6.45, 7) is 6.18. The Morgan fingerprint density at radius 1 is 1.38 bits per heavy atom. The van der Waals surface area contributed by atoms with Crippen LogP contribution in [0.4, 0.5) is 0 Å². The van der Waals surface area contributed by atoms with Gasteiger partial charge in [0.05, 0.1) is 24.4 Å². The number of aromatic nitrogens is 2. The average Bonchev–Trinajstić information content (AvgIpc) is 3.26. The van der Waals surface area contributed by atoms with E-state index in [4.69, 9.17) is 4.74 Å². The molecule has 7 nitrogen and oxygen atoms in total. The van der Waals surface area contributed by atoms with Crippen LogP contribution >= 0.6 is 0 Å². The van der Waals surface area contributed by atoms with Gasteiger partial charge < -0.3 is 10.1 Å². The lowest BCUT2D eigenvalue weighted by molar-refractivity contribution is 0.0946. The van der Waals surface area contributed by atoms with Crippen LogP contribution < -0.4 is 20.9 Å². The molecular weight excluding hydrogens is 330 g/mol. The number of nitrogens with one attached hydrogen (secondary N) is 3. The SMILES string of the molecule is CCCn1cc(C(=O)NCC2CNNC2c2ccc(OC)cc2)c(C)n1. The second kappa shape index (κ2) is 8.33. The van der Waals surface area contributed by atoms with Crippen molar-refractivity contribution in [1.29, 1.82) is 0 Å². The zero-order valence-electron chi connectivity index (χ0n) is 15.6. The van der Waals surface area contributed by atoms with Gasteiger partial charge in [-0.15, -0.1) is 0 Å². The number of carbonyl (C=O) groups excluding carboxylic acids is 1. The Hall–Kier alpha value is -2.38. The number of aryl methyl sites for hydroxylation is 2. The summed E-state index contributed by atoms with van der Waals surface area (Å²) in [5.41, 5.74) is 9.08. The van der Waals surface area contributed by atoms with Crippen molar-refractivity contribution in [3.8, 4) is 5.75 Å². The molecule has 0 saturated carbocycles. The van der Waals surface area contributed by atoms with Gasteiger partial charge in [0, 0.05) is 31.7 Å². The molecule has 0 radical (unpaired) electrons. The molecule has 3 N–H and O–H groups in total. The molecule has 1 aromatic heterocycles. The van der Waals surface area contributed by atoms with Crippen molar-refractivity contribution in [2.24, 2.45) is 5.92 Å². The van der Waals surface area contributed by atoms with Gasteiger partial charge in [-0.05, 0) is 31.0 Å². The van der Waals surface area contributed by atoms with Gasteiger partial charge in [-0.1, -0.05) is 19.1 Å². The maximum atomic E-state index is 12.5. The number of rotatable bonds is 7. The summed E-state index contributed by atoms with van der Waals surface area (Å²) in [5.74, 6) is 1.03.